The first-order valence-electron chi connectivity index (χ1n) is 8.11. The molecule has 1 N–H and O–H groups in total. The Morgan fingerprint density at radius 1 is 1.21 bits per heavy atom. The number of benzene rings is 2. The van der Waals surface area contributed by atoms with Crippen molar-refractivity contribution in [1.82, 2.24) is 5.32 Å². The number of imide groups is 1. The summed E-state index contributed by atoms with van der Waals surface area (Å²) >= 11 is 9.86. The maximum Gasteiger partial charge on any atom is 0.339 e. The minimum absolute atomic E-state index is 0.0384. The summed E-state index contributed by atoms with van der Waals surface area (Å²) in [5, 5.41) is 2.10. The molecule has 0 aliphatic carbocycles. The Morgan fingerprint density at radius 3 is 2.48 bits per heavy atom. The minimum atomic E-state index is -4.14. The van der Waals surface area contributed by atoms with Gasteiger partial charge in [-0.3, -0.25) is 14.9 Å². The second-order valence-corrected chi connectivity index (χ2v) is 9.46. The van der Waals surface area contributed by atoms with Crippen LogP contribution in [0.3, 0.4) is 0 Å². The summed E-state index contributed by atoms with van der Waals surface area (Å²) in [5.74, 6) is -0.385. The van der Waals surface area contributed by atoms with Gasteiger partial charge in [0.15, 0.2) is 11.5 Å². The van der Waals surface area contributed by atoms with Crippen LogP contribution >= 0.6 is 39.3 Å². The highest BCUT2D eigenvalue weighted by atomic mass is 79.9. The van der Waals surface area contributed by atoms with Gasteiger partial charge in [-0.15, -0.1) is 0 Å². The van der Waals surface area contributed by atoms with Gasteiger partial charge in [0.1, 0.15) is 4.90 Å². The number of halogens is 2. The van der Waals surface area contributed by atoms with E-state index < -0.39 is 21.3 Å². The molecule has 1 heterocycles. The maximum absolute atomic E-state index is 12.6. The predicted molar refractivity (Wildman–Crippen MR) is 114 cm³/mol. The van der Waals surface area contributed by atoms with Gasteiger partial charge in [0.2, 0.25) is 0 Å². The van der Waals surface area contributed by atoms with Crippen molar-refractivity contribution in [2.75, 3.05) is 6.61 Å². The Morgan fingerprint density at radius 2 is 1.90 bits per heavy atom. The van der Waals surface area contributed by atoms with Crippen LogP contribution in [0.25, 0.3) is 6.08 Å². The van der Waals surface area contributed by atoms with E-state index in [0.717, 1.165) is 11.8 Å². The third-order valence-corrected chi connectivity index (χ3v) is 6.45. The summed E-state index contributed by atoms with van der Waals surface area (Å²) in [5.41, 5.74) is 0.518. The third-order valence-electron chi connectivity index (χ3n) is 3.57. The van der Waals surface area contributed by atoms with Gasteiger partial charge in [-0.05, 0) is 82.7 Å². The number of carbonyl (C=O) groups is 2. The fourth-order valence-corrected chi connectivity index (χ4v) is 4.76. The summed E-state index contributed by atoms with van der Waals surface area (Å²) in [4.78, 5) is 23.2. The molecule has 1 aliphatic heterocycles. The molecule has 152 valence electrons. The van der Waals surface area contributed by atoms with E-state index >= 15 is 0 Å². The molecule has 0 aromatic heterocycles. The van der Waals surface area contributed by atoms with Gasteiger partial charge >= 0.3 is 10.1 Å². The normalized spacial score (nSPS) is 15.5. The molecule has 2 amide bonds. The zero-order chi connectivity index (χ0) is 21.2. The van der Waals surface area contributed by atoms with Gasteiger partial charge in [-0.25, -0.2) is 0 Å². The van der Waals surface area contributed by atoms with Gasteiger partial charge in [0.05, 0.1) is 16.0 Å². The average Bonchev–Trinajstić information content (AvgIpc) is 2.95. The van der Waals surface area contributed by atoms with Gasteiger partial charge in [-0.2, -0.15) is 8.42 Å². The molecular weight excluding hydrogens is 506 g/mol. The highest BCUT2D eigenvalue weighted by molar-refractivity contribution is 9.10. The van der Waals surface area contributed by atoms with Crippen molar-refractivity contribution < 1.29 is 26.9 Å². The molecule has 0 saturated carbocycles. The van der Waals surface area contributed by atoms with E-state index in [-0.39, 0.29) is 27.9 Å². The highest BCUT2D eigenvalue weighted by Gasteiger charge is 2.26. The Labute approximate surface area is 184 Å². The van der Waals surface area contributed by atoms with E-state index in [2.05, 4.69) is 21.2 Å². The topological polar surface area (TPSA) is 98.8 Å². The fourth-order valence-electron chi connectivity index (χ4n) is 2.35. The number of hydrogen-bond acceptors (Lipinski definition) is 7. The van der Waals surface area contributed by atoms with E-state index in [1.54, 1.807) is 13.0 Å². The van der Waals surface area contributed by atoms with Crippen molar-refractivity contribution in [3.05, 3.63) is 56.4 Å². The first kappa shape index (κ1) is 21.7. The van der Waals surface area contributed by atoms with E-state index in [1.165, 1.54) is 36.4 Å². The lowest BCUT2D eigenvalue weighted by atomic mass is 10.2. The molecule has 11 heteroatoms. The third kappa shape index (κ3) is 5.13. The molecule has 0 unspecified atom stereocenters. The zero-order valence-electron chi connectivity index (χ0n) is 14.8. The number of nitrogens with one attached hydrogen (secondary N) is 1. The molecule has 29 heavy (non-hydrogen) atoms. The van der Waals surface area contributed by atoms with Crippen molar-refractivity contribution in [1.29, 1.82) is 0 Å². The molecule has 1 fully saturated rings. The maximum atomic E-state index is 12.6. The average molecular weight is 519 g/mol. The van der Waals surface area contributed by atoms with Crippen LogP contribution in [0.2, 0.25) is 5.02 Å². The minimum Gasteiger partial charge on any atom is -0.490 e. The summed E-state index contributed by atoms with van der Waals surface area (Å²) in [6.45, 7) is 1.98. The van der Waals surface area contributed by atoms with Crippen LogP contribution in [0.1, 0.15) is 12.5 Å². The SMILES string of the molecule is CCOc1cc(/C=C2\SC(=O)NC2=O)cc(Br)c1OS(=O)(=O)c1ccc(Cl)cc1. The lowest BCUT2D eigenvalue weighted by Crippen LogP contribution is -2.17. The first-order chi connectivity index (χ1) is 13.7. The summed E-state index contributed by atoms with van der Waals surface area (Å²) in [7, 11) is -4.14. The number of ether oxygens (including phenoxy) is 1. The Balaban J connectivity index is 1.99. The summed E-state index contributed by atoms with van der Waals surface area (Å²) < 4.78 is 36.4. The molecule has 3 rings (SSSR count). The molecule has 0 radical (unpaired) electrons. The number of thioether (sulfide) groups is 1. The van der Waals surface area contributed by atoms with Crippen molar-refractivity contribution in [3.8, 4) is 11.5 Å². The molecular formula is C18H13BrClNO6S2. The van der Waals surface area contributed by atoms with Crippen molar-refractivity contribution >= 4 is 66.6 Å². The van der Waals surface area contributed by atoms with Crippen LogP contribution in [0.4, 0.5) is 4.79 Å². The van der Waals surface area contributed by atoms with Crippen LogP contribution in [0.15, 0.2) is 50.7 Å². The van der Waals surface area contributed by atoms with Crippen molar-refractivity contribution in [2.24, 2.45) is 0 Å². The van der Waals surface area contributed by atoms with Gasteiger partial charge < -0.3 is 8.92 Å². The first-order valence-corrected chi connectivity index (χ1v) is 11.5. The second-order valence-electron chi connectivity index (χ2n) is 5.61. The van der Waals surface area contributed by atoms with E-state index in [0.29, 0.717) is 15.1 Å². The molecule has 2 aromatic carbocycles. The number of carbonyl (C=O) groups excluding carboxylic acids is 2. The highest BCUT2D eigenvalue weighted by Crippen LogP contribution is 2.40. The molecule has 1 aliphatic rings. The van der Waals surface area contributed by atoms with E-state index in [4.69, 9.17) is 20.5 Å². The number of rotatable bonds is 6. The predicted octanol–water partition coefficient (Wildman–Crippen LogP) is 4.59. The monoisotopic (exact) mass is 517 g/mol. The molecule has 0 bridgehead atoms. The smallest absolute Gasteiger partial charge is 0.339 e. The summed E-state index contributed by atoms with van der Waals surface area (Å²) in [6.07, 6.45) is 1.50. The quantitative estimate of drug-likeness (QED) is 0.441. The van der Waals surface area contributed by atoms with Crippen LogP contribution in [0, 0.1) is 0 Å². The Bertz CT molecular complexity index is 1120. The summed E-state index contributed by atoms with van der Waals surface area (Å²) in [6, 6.07) is 8.62. The second kappa shape index (κ2) is 8.78. The zero-order valence-corrected chi connectivity index (χ0v) is 18.7. The van der Waals surface area contributed by atoms with Crippen LogP contribution in [-0.2, 0) is 14.9 Å². The molecule has 2 aromatic rings. The molecule has 0 spiro atoms. The van der Waals surface area contributed by atoms with Crippen molar-refractivity contribution in [2.45, 2.75) is 11.8 Å². The van der Waals surface area contributed by atoms with Crippen LogP contribution in [-0.4, -0.2) is 26.2 Å². The van der Waals surface area contributed by atoms with Crippen molar-refractivity contribution in [3.63, 3.8) is 0 Å². The van der Waals surface area contributed by atoms with E-state index in [9.17, 15) is 18.0 Å². The number of amides is 2. The molecule has 1 saturated heterocycles. The molecule has 0 atom stereocenters. The standard InChI is InChI=1S/C18H13BrClNO6S2/c1-2-26-14-8-10(9-15-17(22)21-18(23)28-15)7-13(19)16(14)27-29(24,25)12-5-3-11(20)4-6-12/h3-9H,2H2,1H3,(H,21,22,23)/b15-9-. The number of hydrogen-bond donors (Lipinski definition) is 1. The van der Waals surface area contributed by atoms with Gasteiger partial charge in [-0.1, -0.05) is 11.6 Å². The van der Waals surface area contributed by atoms with Crippen LogP contribution < -0.4 is 14.2 Å². The fraction of sp³-hybridized carbons (Fsp3) is 0.111. The van der Waals surface area contributed by atoms with Gasteiger partial charge in [0.25, 0.3) is 11.1 Å². The van der Waals surface area contributed by atoms with Crippen LogP contribution in [0.5, 0.6) is 11.5 Å². The van der Waals surface area contributed by atoms with E-state index in [1.807, 2.05) is 0 Å². The largest absolute Gasteiger partial charge is 0.490 e. The lowest BCUT2D eigenvalue weighted by Gasteiger charge is -2.14. The Hall–Kier alpha value is -2.01. The molecule has 7 nitrogen and oxygen atoms in total. The Kier molecular flexibility index (Phi) is 6.57. The lowest BCUT2D eigenvalue weighted by molar-refractivity contribution is -0.115. The van der Waals surface area contributed by atoms with Gasteiger partial charge in [0, 0.05) is 5.02 Å².